The van der Waals surface area contributed by atoms with Crippen LogP contribution < -0.4 is 15.9 Å². The fraction of sp³-hybridized carbons (Fsp3) is 0.0588. The van der Waals surface area contributed by atoms with Crippen molar-refractivity contribution in [1.29, 1.82) is 0 Å². The maximum atomic E-state index is 12.2. The number of hydrogen-bond donors (Lipinski definition) is 2. The molecule has 3 rings (SSSR count). The molecular weight excluding hydrogens is 292 g/mol. The molecule has 6 nitrogen and oxygen atoms in total. The number of nitrogens with one attached hydrogen (secondary N) is 1. The summed E-state index contributed by atoms with van der Waals surface area (Å²) in [6.45, 7) is 0. The third-order valence-corrected chi connectivity index (χ3v) is 3.34. The van der Waals surface area contributed by atoms with Crippen molar-refractivity contribution in [2.75, 3.05) is 12.4 Å². The zero-order valence-corrected chi connectivity index (χ0v) is 12.6. The smallest absolute Gasteiger partial charge is 0.293 e. The van der Waals surface area contributed by atoms with E-state index in [-0.39, 0.29) is 11.6 Å². The van der Waals surface area contributed by atoms with E-state index in [1.807, 2.05) is 54.6 Å². The van der Waals surface area contributed by atoms with Crippen molar-refractivity contribution in [2.45, 2.75) is 0 Å². The molecule has 2 aromatic rings. The Morgan fingerprint density at radius 3 is 2.48 bits per heavy atom. The predicted octanol–water partition coefficient (Wildman–Crippen LogP) is 2.22. The molecule has 2 aromatic carbocycles. The minimum atomic E-state index is -0.362. The number of benzene rings is 2. The maximum Gasteiger partial charge on any atom is 0.293 e. The Kier molecular flexibility index (Phi) is 4.07. The normalized spacial score (nSPS) is 15.7. The van der Waals surface area contributed by atoms with Crippen molar-refractivity contribution in [3.63, 3.8) is 0 Å². The van der Waals surface area contributed by atoms with Gasteiger partial charge in [-0.05, 0) is 35.9 Å². The molecule has 3 N–H and O–H groups in total. The van der Waals surface area contributed by atoms with E-state index in [4.69, 9.17) is 10.6 Å². The Morgan fingerprint density at radius 1 is 1.13 bits per heavy atom. The number of anilines is 1. The van der Waals surface area contributed by atoms with Crippen LogP contribution in [0.5, 0.6) is 5.75 Å². The largest absolute Gasteiger partial charge is 0.497 e. The van der Waals surface area contributed by atoms with Crippen LogP contribution in [0.25, 0.3) is 6.08 Å². The summed E-state index contributed by atoms with van der Waals surface area (Å²) in [5.74, 6) is 6.47. The summed E-state index contributed by atoms with van der Waals surface area (Å²) in [5.41, 5.74) is 1.92. The van der Waals surface area contributed by atoms with Crippen LogP contribution in [-0.2, 0) is 4.79 Å². The molecule has 1 aliphatic heterocycles. The first-order valence-corrected chi connectivity index (χ1v) is 7.03. The number of para-hydroxylation sites is 1. The topological polar surface area (TPSA) is 79.9 Å². The highest BCUT2D eigenvalue weighted by Gasteiger charge is 2.27. The van der Waals surface area contributed by atoms with Crippen LogP contribution in [0.2, 0.25) is 0 Å². The second kappa shape index (κ2) is 6.33. The molecule has 0 fully saturated rings. The molecule has 0 spiro atoms. The van der Waals surface area contributed by atoms with Gasteiger partial charge in [0, 0.05) is 5.69 Å². The molecule has 23 heavy (non-hydrogen) atoms. The zero-order chi connectivity index (χ0) is 16.2. The Labute approximate surface area is 133 Å². The monoisotopic (exact) mass is 308 g/mol. The summed E-state index contributed by atoms with van der Waals surface area (Å²) in [7, 11) is 1.60. The summed E-state index contributed by atoms with van der Waals surface area (Å²) in [4.78, 5) is 16.5. The van der Waals surface area contributed by atoms with E-state index >= 15 is 0 Å². The van der Waals surface area contributed by atoms with Gasteiger partial charge in [0.1, 0.15) is 11.4 Å². The van der Waals surface area contributed by atoms with Gasteiger partial charge in [-0.2, -0.15) is 0 Å². The molecule has 0 aromatic heterocycles. The third kappa shape index (κ3) is 3.22. The number of amides is 1. The summed E-state index contributed by atoms with van der Waals surface area (Å²) in [6.07, 6.45) is 1.68. The third-order valence-electron chi connectivity index (χ3n) is 3.34. The SMILES string of the molecule is COc1ccc(/C=C2/N=C(Nc3ccccc3)N(N)C2=O)cc1. The van der Waals surface area contributed by atoms with Crippen LogP contribution in [0.3, 0.4) is 0 Å². The van der Waals surface area contributed by atoms with Gasteiger partial charge >= 0.3 is 0 Å². The second-order valence-corrected chi connectivity index (χ2v) is 4.90. The van der Waals surface area contributed by atoms with Crippen molar-refractivity contribution in [1.82, 2.24) is 5.01 Å². The number of aliphatic imine (C=N–C) groups is 1. The van der Waals surface area contributed by atoms with Crippen molar-refractivity contribution < 1.29 is 9.53 Å². The minimum Gasteiger partial charge on any atom is -0.497 e. The first-order valence-electron chi connectivity index (χ1n) is 7.03. The molecule has 0 atom stereocenters. The number of hydrazine groups is 1. The van der Waals surface area contributed by atoms with E-state index in [1.165, 1.54) is 0 Å². The van der Waals surface area contributed by atoms with Gasteiger partial charge in [0.15, 0.2) is 0 Å². The van der Waals surface area contributed by atoms with Gasteiger partial charge in [0.25, 0.3) is 5.91 Å². The number of hydrogen-bond acceptors (Lipinski definition) is 5. The number of methoxy groups -OCH3 is 1. The number of ether oxygens (including phenoxy) is 1. The summed E-state index contributed by atoms with van der Waals surface area (Å²) < 4.78 is 5.11. The zero-order valence-electron chi connectivity index (χ0n) is 12.6. The van der Waals surface area contributed by atoms with E-state index in [0.717, 1.165) is 22.0 Å². The molecule has 0 unspecified atom stereocenters. The van der Waals surface area contributed by atoms with Crippen LogP contribution >= 0.6 is 0 Å². The summed E-state index contributed by atoms with van der Waals surface area (Å²) in [6, 6.07) is 16.7. The standard InChI is InChI=1S/C17H16N4O2/c1-23-14-9-7-12(8-10-14)11-15-16(22)21(18)17(20-15)19-13-5-3-2-4-6-13/h2-11H,18H2,1H3,(H,19,20)/b15-11+. The number of carbonyl (C=O) groups is 1. The van der Waals surface area contributed by atoms with Gasteiger partial charge in [-0.3, -0.25) is 4.79 Å². The molecule has 0 aliphatic carbocycles. The van der Waals surface area contributed by atoms with Gasteiger partial charge in [0.05, 0.1) is 7.11 Å². The molecule has 0 saturated carbocycles. The molecular formula is C17H16N4O2. The molecule has 1 amide bonds. The van der Waals surface area contributed by atoms with Crippen LogP contribution in [0.4, 0.5) is 5.69 Å². The number of rotatable bonds is 3. The number of carbonyl (C=O) groups excluding carboxylic acids is 1. The fourth-order valence-corrected chi connectivity index (χ4v) is 2.13. The minimum absolute atomic E-state index is 0.274. The van der Waals surface area contributed by atoms with E-state index in [0.29, 0.717) is 5.96 Å². The van der Waals surface area contributed by atoms with Gasteiger partial charge in [0.2, 0.25) is 5.96 Å². The molecule has 116 valence electrons. The van der Waals surface area contributed by atoms with Crippen molar-refractivity contribution in [3.05, 3.63) is 65.9 Å². The highest BCUT2D eigenvalue weighted by atomic mass is 16.5. The van der Waals surface area contributed by atoms with Gasteiger partial charge in [-0.15, -0.1) is 0 Å². The Hall–Kier alpha value is -3.12. The van der Waals surface area contributed by atoms with E-state index < -0.39 is 0 Å². The number of nitrogens with two attached hydrogens (primary N) is 1. The molecule has 0 saturated heterocycles. The summed E-state index contributed by atoms with van der Waals surface area (Å²) in [5, 5.41) is 4.03. The lowest BCUT2D eigenvalue weighted by Gasteiger charge is -2.12. The van der Waals surface area contributed by atoms with Crippen LogP contribution in [0.15, 0.2) is 65.3 Å². The van der Waals surface area contributed by atoms with Crippen molar-refractivity contribution in [3.8, 4) is 5.75 Å². The first-order chi connectivity index (χ1) is 11.2. The average molecular weight is 308 g/mol. The van der Waals surface area contributed by atoms with Gasteiger partial charge < -0.3 is 10.1 Å². The molecule has 1 aliphatic rings. The lowest BCUT2D eigenvalue weighted by atomic mass is 10.2. The second-order valence-electron chi connectivity index (χ2n) is 4.90. The maximum absolute atomic E-state index is 12.2. The van der Waals surface area contributed by atoms with Crippen LogP contribution in [0.1, 0.15) is 5.56 Å². The van der Waals surface area contributed by atoms with Crippen molar-refractivity contribution in [2.24, 2.45) is 10.8 Å². The molecule has 0 radical (unpaired) electrons. The van der Waals surface area contributed by atoms with Crippen LogP contribution in [-0.4, -0.2) is 24.0 Å². The molecule has 6 heteroatoms. The number of nitrogens with zero attached hydrogens (tertiary/aromatic N) is 2. The molecule has 1 heterocycles. The Bertz CT molecular complexity index is 767. The lowest BCUT2D eigenvalue weighted by molar-refractivity contribution is -0.122. The Morgan fingerprint density at radius 2 is 1.83 bits per heavy atom. The highest BCUT2D eigenvalue weighted by molar-refractivity contribution is 6.16. The summed E-state index contributed by atoms with van der Waals surface area (Å²) >= 11 is 0. The Balaban J connectivity index is 1.84. The fourth-order valence-electron chi connectivity index (χ4n) is 2.13. The molecule has 0 bridgehead atoms. The van der Waals surface area contributed by atoms with E-state index in [9.17, 15) is 4.79 Å². The van der Waals surface area contributed by atoms with E-state index in [2.05, 4.69) is 10.3 Å². The van der Waals surface area contributed by atoms with Crippen molar-refractivity contribution >= 4 is 23.6 Å². The number of guanidine groups is 1. The average Bonchev–Trinajstić information content (AvgIpc) is 2.84. The quantitative estimate of drug-likeness (QED) is 0.517. The van der Waals surface area contributed by atoms with Gasteiger partial charge in [-0.1, -0.05) is 30.3 Å². The highest BCUT2D eigenvalue weighted by Crippen LogP contribution is 2.19. The first kappa shape index (κ1) is 14.8. The van der Waals surface area contributed by atoms with Gasteiger partial charge in [-0.25, -0.2) is 15.8 Å². The predicted molar refractivity (Wildman–Crippen MR) is 89.5 cm³/mol. The van der Waals surface area contributed by atoms with Crippen LogP contribution in [0, 0.1) is 0 Å². The van der Waals surface area contributed by atoms with E-state index in [1.54, 1.807) is 13.2 Å². The lowest BCUT2D eigenvalue weighted by Crippen LogP contribution is -2.42.